The Kier molecular flexibility index (Phi) is 2.90. The summed E-state index contributed by atoms with van der Waals surface area (Å²) in [6, 6.07) is 8.80. The smallest absolute Gasteiger partial charge is 0.348 e. The van der Waals surface area contributed by atoms with E-state index in [2.05, 4.69) is 4.98 Å². The standard InChI is InChI=1S/C12H8N2O2S/c1-7-14-10(11(17-7)12(15)16)9-4-2-3-8(5-9)6-13/h2-5H,1H3,(H,15,16). The molecule has 0 aliphatic heterocycles. The molecule has 0 saturated heterocycles. The van der Waals surface area contributed by atoms with Gasteiger partial charge in [0.25, 0.3) is 0 Å². The van der Waals surface area contributed by atoms with Gasteiger partial charge < -0.3 is 5.11 Å². The van der Waals surface area contributed by atoms with Crippen LogP contribution in [0.4, 0.5) is 0 Å². The van der Waals surface area contributed by atoms with Crippen LogP contribution in [0.15, 0.2) is 24.3 Å². The fraction of sp³-hybridized carbons (Fsp3) is 0.0833. The van der Waals surface area contributed by atoms with Crippen molar-refractivity contribution in [1.82, 2.24) is 4.98 Å². The van der Waals surface area contributed by atoms with Crippen LogP contribution in [-0.4, -0.2) is 16.1 Å². The van der Waals surface area contributed by atoms with Crippen molar-refractivity contribution in [2.75, 3.05) is 0 Å². The molecule has 0 aliphatic carbocycles. The van der Waals surface area contributed by atoms with Crippen LogP contribution in [0.25, 0.3) is 11.3 Å². The Morgan fingerprint density at radius 1 is 1.53 bits per heavy atom. The van der Waals surface area contributed by atoms with E-state index in [4.69, 9.17) is 10.4 Å². The number of hydrogen-bond acceptors (Lipinski definition) is 4. The summed E-state index contributed by atoms with van der Waals surface area (Å²) in [5.41, 5.74) is 1.58. The van der Waals surface area contributed by atoms with Crippen LogP contribution in [0.3, 0.4) is 0 Å². The summed E-state index contributed by atoms with van der Waals surface area (Å²) in [4.78, 5) is 15.5. The lowest BCUT2D eigenvalue weighted by Gasteiger charge is -1.99. The molecule has 0 fully saturated rings. The Bertz CT molecular complexity index is 626. The second-order valence-electron chi connectivity index (χ2n) is 3.41. The highest BCUT2D eigenvalue weighted by molar-refractivity contribution is 7.14. The predicted octanol–water partition coefficient (Wildman–Crippen LogP) is 2.69. The Labute approximate surface area is 102 Å². The van der Waals surface area contributed by atoms with Gasteiger partial charge in [0, 0.05) is 5.56 Å². The van der Waals surface area contributed by atoms with Gasteiger partial charge in [0.1, 0.15) is 4.88 Å². The molecule has 1 aromatic carbocycles. The number of benzene rings is 1. The Morgan fingerprint density at radius 2 is 2.29 bits per heavy atom. The van der Waals surface area contributed by atoms with Crippen LogP contribution >= 0.6 is 11.3 Å². The SMILES string of the molecule is Cc1nc(-c2cccc(C#N)c2)c(C(=O)O)s1. The summed E-state index contributed by atoms with van der Waals surface area (Å²) in [6.07, 6.45) is 0. The molecule has 1 heterocycles. The molecule has 0 radical (unpaired) electrons. The molecule has 2 rings (SSSR count). The first-order valence-electron chi connectivity index (χ1n) is 4.83. The summed E-state index contributed by atoms with van der Waals surface area (Å²) in [6.45, 7) is 1.76. The third-order valence-electron chi connectivity index (χ3n) is 2.19. The molecule has 4 nitrogen and oxygen atoms in total. The maximum absolute atomic E-state index is 11.1. The molecule has 84 valence electrons. The van der Waals surface area contributed by atoms with Crippen molar-refractivity contribution in [3.8, 4) is 17.3 Å². The maximum atomic E-state index is 11.1. The highest BCUT2D eigenvalue weighted by Crippen LogP contribution is 2.28. The third kappa shape index (κ3) is 2.17. The number of aromatic nitrogens is 1. The van der Waals surface area contributed by atoms with E-state index in [1.165, 1.54) is 0 Å². The summed E-state index contributed by atoms with van der Waals surface area (Å²) in [5, 5.41) is 18.6. The van der Waals surface area contributed by atoms with Crippen molar-refractivity contribution in [3.63, 3.8) is 0 Å². The van der Waals surface area contributed by atoms with Gasteiger partial charge in [0.05, 0.1) is 22.3 Å². The van der Waals surface area contributed by atoms with Crippen LogP contribution in [0.5, 0.6) is 0 Å². The molecule has 0 unspecified atom stereocenters. The molecule has 0 spiro atoms. The van der Waals surface area contributed by atoms with E-state index in [-0.39, 0.29) is 4.88 Å². The average molecular weight is 244 g/mol. The summed E-state index contributed by atoms with van der Waals surface area (Å²) in [5.74, 6) is -0.993. The molecule has 0 saturated carbocycles. The fourth-order valence-electron chi connectivity index (χ4n) is 1.50. The van der Waals surface area contributed by atoms with Gasteiger partial charge in [-0.2, -0.15) is 5.26 Å². The summed E-state index contributed by atoms with van der Waals surface area (Å²) in [7, 11) is 0. The zero-order valence-electron chi connectivity index (χ0n) is 8.97. The first-order valence-corrected chi connectivity index (χ1v) is 5.64. The van der Waals surface area contributed by atoms with Crippen LogP contribution < -0.4 is 0 Å². The summed E-state index contributed by atoms with van der Waals surface area (Å²) >= 11 is 1.14. The average Bonchev–Trinajstić information content (AvgIpc) is 2.72. The number of nitrogens with zero attached hydrogens (tertiary/aromatic N) is 2. The van der Waals surface area contributed by atoms with Gasteiger partial charge in [-0.05, 0) is 19.1 Å². The molecule has 17 heavy (non-hydrogen) atoms. The van der Waals surface area contributed by atoms with Gasteiger partial charge in [-0.25, -0.2) is 9.78 Å². The van der Waals surface area contributed by atoms with Crippen molar-refractivity contribution >= 4 is 17.3 Å². The van der Waals surface area contributed by atoms with Crippen molar-refractivity contribution < 1.29 is 9.90 Å². The van der Waals surface area contributed by atoms with Gasteiger partial charge in [0.2, 0.25) is 0 Å². The minimum atomic E-state index is -0.993. The van der Waals surface area contributed by atoms with Gasteiger partial charge in [-0.3, -0.25) is 0 Å². The van der Waals surface area contributed by atoms with Crippen LogP contribution in [0.2, 0.25) is 0 Å². The monoisotopic (exact) mass is 244 g/mol. The normalized spacial score (nSPS) is 9.88. The number of hydrogen-bond donors (Lipinski definition) is 1. The quantitative estimate of drug-likeness (QED) is 0.881. The lowest BCUT2D eigenvalue weighted by molar-refractivity contribution is 0.0702. The second-order valence-corrected chi connectivity index (χ2v) is 4.61. The van der Waals surface area contributed by atoms with E-state index in [9.17, 15) is 4.79 Å². The molecule has 0 atom stereocenters. The number of carboxylic acids is 1. The van der Waals surface area contributed by atoms with E-state index in [1.807, 2.05) is 6.07 Å². The number of thiazole rings is 1. The second kappa shape index (κ2) is 4.36. The summed E-state index contributed by atoms with van der Waals surface area (Å²) < 4.78 is 0. The lowest BCUT2D eigenvalue weighted by atomic mass is 10.1. The number of carboxylic acid groups (broad SMARTS) is 1. The molecule has 1 N–H and O–H groups in total. The zero-order valence-corrected chi connectivity index (χ0v) is 9.78. The number of carbonyl (C=O) groups is 1. The molecule has 0 amide bonds. The molecule has 0 bridgehead atoms. The van der Waals surface area contributed by atoms with Crippen molar-refractivity contribution in [1.29, 1.82) is 5.26 Å². The first-order chi connectivity index (χ1) is 8.11. The van der Waals surface area contributed by atoms with Gasteiger partial charge >= 0.3 is 5.97 Å². The highest BCUT2D eigenvalue weighted by Gasteiger charge is 2.17. The predicted molar refractivity (Wildman–Crippen MR) is 64.0 cm³/mol. The fourth-order valence-corrected chi connectivity index (χ4v) is 2.28. The minimum Gasteiger partial charge on any atom is -0.477 e. The van der Waals surface area contributed by atoms with Crippen molar-refractivity contribution in [3.05, 3.63) is 39.7 Å². The topological polar surface area (TPSA) is 74.0 Å². The lowest BCUT2D eigenvalue weighted by Crippen LogP contribution is -1.95. The molecule has 5 heteroatoms. The van der Waals surface area contributed by atoms with Crippen LogP contribution in [0.1, 0.15) is 20.2 Å². The largest absolute Gasteiger partial charge is 0.477 e. The molecule has 1 aromatic heterocycles. The molecular formula is C12H8N2O2S. The molecule has 2 aromatic rings. The third-order valence-corrected chi connectivity index (χ3v) is 3.15. The van der Waals surface area contributed by atoms with E-state index in [0.717, 1.165) is 11.3 Å². The molecule has 0 aliphatic rings. The van der Waals surface area contributed by atoms with Gasteiger partial charge in [0.15, 0.2) is 0 Å². The van der Waals surface area contributed by atoms with Crippen molar-refractivity contribution in [2.45, 2.75) is 6.92 Å². The van der Waals surface area contributed by atoms with E-state index < -0.39 is 5.97 Å². The number of rotatable bonds is 2. The van der Waals surface area contributed by atoms with Gasteiger partial charge in [-0.1, -0.05) is 12.1 Å². The van der Waals surface area contributed by atoms with Crippen LogP contribution in [-0.2, 0) is 0 Å². The maximum Gasteiger partial charge on any atom is 0.348 e. The molecular weight excluding hydrogens is 236 g/mol. The highest BCUT2D eigenvalue weighted by atomic mass is 32.1. The van der Waals surface area contributed by atoms with E-state index in [0.29, 0.717) is 21.8 Å². The van der Waals surface area contributed by atoms with E-state index >= 15 is 0 Å². The minimum absolute atomic E-state index is 0.206. The Balaban J connectivity index is 2.60. The Hall–Kier alpha value is -2.19. The number of nitriles is 1. The first kappa shape index (κ1) is 11.3. The number of aryl methyl sites for hydroxylation is 1. The Morgan fingerprint density at radius 3 is 2.94 bits per heavy atom. The van der Waals surface area contributed by atoms with Crippen molar-refractivity contribution in [2.24, 2.45) is 0 Å². The zero-order chi connectivity index (χ0) is 12.4. The van der Waals surface area contributed by atoms with E-state index in [1.54, 1.807) is 31.2 Å². The van der Waals surface area contributed by atoms with Gasteiger partial charge in [-0.15, -0.1) is 11.3 Å². The van der Waals surface area contributed by atoms with Crippen LogP contribution in [0, 0.1) is 18.3 Å². The number of aromatic carboxylic acids is 1.